The van der Waals surface area contributed by atoms with Gasteiger partial charge in [-0.15, -0.1) is 0 Å². The number of aliphatic hydroxyl groups excluding tert-OH is 1. The highest BCUT2D eigenvalue weighted by Gasteiger charge is 2.11. The van der Waals surface area contributed by atoms with E-state index < -0.39 is 6.29 Å². The van der Waals surface area contributed by atoms with E-state index in [-0.39, 0.29) is 11.4 Å². The fourth-order valence-corrected chi connectivity index (χ4v) is 1.31. The van der Waals surface area contributed by atoms with E-state index in [9.17, 15) is 5.11 Å². The molecule has 72 valence electrons. The predicted molar refractivity (Wildman–Crippen MR) is 50.6 cm³/mol. The first kappa shape index (κ1) is 8.93. The lowest BCUT2D eigenvalue weighted by Crippen LogP contribution is -1.99. The van der Waals surface area contributed by atoms with Gasteiger partial charge >= 0.3 is 0 Å². The Morgan fingerprint density at radius 3 is 2.57 bits per heavy atom. The van der Waals surface area contributed by atoms with Gasteiger partial charge in [-0.25, -0.2) is 4.98 Å². The molecule has 0 radical (unpaired) electrons. The molecular weight excluding hydrogens is 182 g/mol. The lowest BCUT2D eigenvalue weighted by atomic mass is 10.2. The van der Waals surface area contributed by atoms with Crippen LogP contribution in [0, 0.1) is 0 Å². The van der Waals surface area contributed by atoms with Crippen LogP contribution in [0.5, 0.6) is 5.75 Å². The summed E-state index contributed by atoms with van der Waals surface area (Å²) in [6.07, 6.45) is -1.75. The van der Waals surface area contributed by atoms with Crippen molar-refractivity contribution in [1.82, 2.24) is 4.98 Å². The summed E-state index contributed by atoms with van der Waals surface area (Å²) in [5.41, 5.74) is 0.497. The molecule has 0 fully saturated rings. The first-order chi connectivity index (χ1) is 6.68. The molecule has 0 aliphatic heterocycles. The van der Waals surface area contributed by atoms with Crippen LogP contribution in [0.2, 0.25) is 0 Å². The number of para-hydroxylation sites is 1. The fraction of sp³-hybridized carbons (Fsp3) is 0.100. The minimum absolute atomic E-state index is 0.122. The van der Waals surface area contributed by atoms with Gasteiger partial charge in [0.05, 0.1) is 5.52 Å². The third-order valence-electron chi connectivity index (χ3n) is 1.98. The van der Waals surface area contributed by atoms with E-state index in [0.29, 0.717) is 5.52 Å². The third kappa shape index (κ3) is 1.41. The summed E-state index contributed by atoms with van der Waals surface area (Å²) >= 11 is 0. The maximum Gasteiger partial charge on any atom is 0.199 e. The van der Waals surface area contributed by atoms with Crippen molar-refractivity contribution in [3.8, 4) is 5.75 Å². The number of hydrogen-bond acceptors (Lipinski definition) is 4. The van der Waals surface area contributed by atoms with Gasteiger partial charge in [0.25, 0.3) is 0 Å². The molecule has 2 rings (SSSR count). The van der Waals surface area contributed by atoms with Crippen molar-refractivity contribution < 1.29 is 15.3 Å². The minimum atomic E-state index is -1.75. The molecule has 0 unspecified atom stereocenters. The van der Waals surface area contributed by atoms with E-state index in [1.807, 2.05) is 6.07 Å². The molecule has 1 aromatic heterocycles. The highest BCUT2D eigenvalue weighted by atomic mass is 16.5. The van der Waals surface area contributed by atoms with Gasteiger partial charge in [-0.3, -0.25) is 0 Å². The normalized spacial score (nSPS) is 11.1. The number of aromatic hydroxyl groups is 1. The Labute approximate surface area is 80.1 Å². The maximum atomic E-state index is 9.40. The molecule has 3 N–H and O–H groups in total. The van der Waals surface area contributed by atoms with Gasteiger partial charge in [-0.1, -0.05) is 18.2 Å². The van der Waals surface area contributed by atoms with Crippen LogP contribution in [-0.4, -0.2) is 20.3 Å². The number of nitrogens with zero attached hydrogens (tertiary/aromatic N) is 1. The molecular formula is C10H9NO3. The number of fused-ring (bicyclic) bond motifs is 1. The zero-order chi connectivity index (χ0) is 10.1. The number of rotatable bonds is 1. The van der Waals surface area contributed by atoms with Crippen LogP contribution in [0.25, 0.3) is 10.9 Å². The van der Waals surface area contributed by atoms with Crippen molar-refractivity contribution in [3.05, 3.63) is 36.0 Å². The van der Waals surface area contributed by atoms with E-state index >= 15 is 0 Å². The van der Waals surface area contributed by atoms with Gasteiger partial charge in [0, 0.05) is 5.39 Å². The minimum Gasteiger partial charge on any atom is -0.506 e. The Balaban J connectivity index is 2.71. The van der Waals surface area contributed by atoms with Crippen LogP contribution in [-0.2, 0) is 0 Å². The zero-order valence-corrected chi connectivity index (χ0v) is 7.25. The van der Waals surface area contributed by atoms with Crippen molar-refractivity contribution >= 4 is 10.9 Å². The highest BCUT2D eigenvalue weighted by Crippen LogP contribution is 2.24. The van der Waals surface area contributed by atoms with Gasteiger partial charge in [-0.2, -0.15) is 0 Å². The lowest BCUT2D eigenvalue weighted by Gasteiger charge is -2.06. The van der Waals surface area contributed by atoms with Crippen molar-refractivity contribution in [2.45, 2.75) is 6.29 Å². The molecule has 0 saturated heterocycles. The van der Waals surface area contributed by atoms with Crippen molar-refractivity contribution in [3.63, 3.8) is 0 Å². The molecule has 0 amide bonds. The number of pyridine rings is 1. The number of aliphatic hydroxyl groups is 2. The van der Waals surface area contributed by atoms with Crippen LogP contribution in [0.4, 0.5) is 0 Å². The van der Waals surface area contributed by atoms with E-state index in [1.54, 1.807) is 18.2 Å². The second-order valence-corrected chi connectivity index (χ2v) is 2.96. The average molecular weight is 191 g/mol. The molecule has 0 aliphatic carbocycles. The Kier molecular flexibility index (Phi) is 2.07. The first-order valence-corrected chi connectivity index (χ1v) is 4.13. The van der Waals surface area contributed by atoms with Crippen molar-refractivity contribution in [1.29, 1.82) is 0 Å². The highest BCUT2D eigenvalue weighted by molar-refractivity contribution is 5.80. The number of benzene rings is 1. The van der Waals surface area contributed by atoms with Crippen LogP contribution in [0.3, 0.4) is 0 Å². The largest absolute Gasteiger partial charge is 0.506 e. The van der Waals surface area contributed by atoms with E-state index in [4.69, 9.17) is 10.2 Å². The number of hydrogen-bond donors (Lipinski definition) is 3. The summed E-state index contributed by atoms with van der Waals surface area (Å²) < 4.78 is 0. The van der Waals surface area contributed by atoms with E-state index in [1.165, 1.54) is 6.07 Å². The molecule has 1 aromatic carbocycles. The van der Waals surface area contributed by atoms with Gasteiger partial charge in [0.1, 0.15) is 11.4 Å². The molecule has 2 aromatic rings. The summed E-state index contributed by atoms with van der Waals surface area (Å²) in [7, 11) is 0. The van der Waals surface area contributed by atoms with Crippen LogP contribution >= 0.6 is 0 Å². The Morgan fingerprint density at radius 1 is 1.14 bits per heavy atom. The maximum absolute atomic E-state index is 9.40. The molecule has 0 bridgehead atoms. The molecule has 4 nitrogen and oxygen atoms in total. The summed E-state index contributed by atoms with van der Waals surface area (Å²) in [4.78, 5) is 3.92. The van der Waals surface area contributed by atoms with Gasteiger partial charge in [0.2, 0.25) is 0 Å². The molecule has 0 saturated carbocycles. The molecule has 0 atom stereocenters. The second kappa shape index (κ2) is 3.25. The predicted octanol–water partition coefficient (Wildman–Crippen LogP) is 0.924. The Hall–Kier alpha value is -1.65. The second-order valence-electron chi connectivity index (χ2n) is 2.96. The Morgan fingerprint density at radius 2 is 1.86 bits per heavy atom. The fourth-order valence-electron chi connectivity index (χ4n) is 1.31. The summed E-state index contributed by atoms with van der Waals surface area (Å²) in [5, 5.41) is 27.9. The number of aromatic nitrogens is 1. The quantitative estimate of drug-likeness (QED) is 0.586. The summed E-state index contributed by atoms with van der Waals surface area (Å²) in [6.45, 7) is 0. The van der Waals surface area contributed by atoms with Crippen LogP contribution in [0.15, 0.2) is 30.3 Å². The SMILES string of the molecule is Oc1cc2ccccc2nc1C(O)O. The smallest absolute Gasteiger partial charge is 0.199 e. The van der Waals surface area contributed by atoms with E-state index in [0.717, 1.165) is 5.39 Å². The Bertz CT molecular complexity index is 468. The molecule has 1 heterocycles. The molecule has 4 heteroatoms. The molecule has 0 aliphatic rings. The zero-order valence-electron chi connectivity index (χ0n) is 7.25. The monoisotopic (exact) mass is 191 g/mol. The van der Waals surface area contributed by atoms with E-state index in [2.05, 4.69) is 4.98 Å². The van der Waals surface area contributed by atoms with Crippen molar-refractivity contribution in [2.24, 2.45) is 0 Å². The first-order valence-electron chi connectivity index (χ1n) is 4.13. The van der Waals surface area contributed by atoms with Crippen LogP contribution < -0.4 is 0 Å². The van der Waals surface area contributed by atoms with Crippen LogP contribution in [0.1, 0.15) is 12.0 Å². The summed E-state index contributed by atoms with van der Waals surface area (Å²) in [5.74, 6) is -0.210. The standard InChI is InChI=1S/C10H9NO3/c12-8-5-6-3-1-2-4-7(6)11-9(8)10(13)14/h1-5,10,12-14H. The topological polar surface area (TPSA) is 73.6 Å². The average Bonchev–Trinajstić information content (AvgIpc) is 2.16. The molecule has 14 heavy (non-hydrogen) atoms. The third-order valence-corrected chi connectivity index (χ3v) is 1.98. The van der Waals surface area contributed by atoms with Gasteiger partial charge < -0.3 is 15.3 Å². The molecule has 0 spiro atoms. The van der Waals surface area contributed by atoms with Gasteiger partial charge in [0.15, 0.2) is 6.29 Å². The lowest BCUT2D eigenvalue weighted by molar-refractivity contribution is -0.0470. The van der Waals surface area contributed by atoms with Crippen molar-refractivity contribution in [2.75, 3.05) is 0 Å². The summed E-state index contributed by atoms with van der Waals surface area (Å²) in [6, 6.07) is 8.59. The van der Waals surface area contributed by atoms with Gasteiger partial charge in [-0.05, 0) is 12.1 Å².